The van der Waals surface area contributed by atoms with Crippen LogP contribution in [0, 0.1) is 17.2 Å². The number of carbonyl (C=O) groups excluding carboxylic acids is 3. The van der Waals surface area contributed by atoms with E-state index < -0.39 is 17.9 Å². The van der Waals surface area contributed by atoms with Crippen molar-refractivity contribution in [1.29, 1.82) is 5.41 Å². The van der Waals surface area contributed by atoms with Crippen molar-refractivity contribution >= 4 is 35.2 Å². The van der Waals surface area contributed by atoms with Crippen molar-refractivity contribution in [1.82, 2.24) is 15.5 Å². The molecule has 0 bridgehead atoms. The lowest BCUT2D eigenvalue weighted by Crippen LogP contribution is -2.54. The number of aliphatic imine (C=N–C) groups is 1. The zero-order chi connectivity index (χ0) is 29.2. The van der Waals surface area contributed by atoms with Gasteiger partial charge in [0.25, 0.3) is 0 Å². The second-order valence-electron chi connectivity index (χ2n) is 10.4. The van der Waals surface area contributed by atoms with Crippen molar-refractivity contribution in [3.05, 3.63) is 65.2 Å². The summed E-state index contributed by atoms with van der Waals surface area (Å²) in [4.78, 5) is 45.5. The number of nitrogens with one attached hydrogen (secondary N) is 3. The Hall–Kier alpha value is -4.41. The Balaban J connectivity index is 1.76. The molecule has 0 aromatic heterocycles. The van der Waals surface area contributed by atoms with E-state index in [0.717, 1.165) is 43.2 Å². The number of rotatable bonds is 11. The molecule has 1 aliphatic rings. The molecular formula is C29H40N8O3. The molecule has 3 rings (SSSR count). The zero-order valence-corrected chi connectivity index (χ0v) is 23.2. The first-order chi connectivity index (χ1) is 19.0. The zero-order valence-electron chi connectivity index (χ0n) is 23.2. The van der Waals surface area contributed by atoms with Gasteiger partial charge >= 0.3 is 0 Å². The van der Waals surface area contributed by atoms with E-state index in [2.05, 4.69) is 15.6 Å². The highest BCUT2D eigenvalue weighted by Gasteiger charge is 2.35. The van der Waals surface area contributed by atoms with E-state index in [9.17, 15) is 14.4 Å². The second-order valence-corrected chi connectivity index (χ2v) is 10.4. The number of hydrogen-bond acceptors (Lipinski definition) is 5. The van der Waals surface area contributed by atoms with Crippen LogP contribution in [0.3, 0.4) is 0 Å². The van der Waals surface area contributed by atoms with Crippen LogP contribution in [-0.4, -0.2) is 54.6 Å². The lowest BCUT2D eigenvalue weighted by molar-refractivity contribution is -0.142. The van der Waals surface area contributed by atoms with E-state index in [0.29, 0.717) is 11.3 Å². The first-order valence-electron chi connectivity index (χ1n) is 13.5. The Morgan fingerprint density at radius 3 is 2.08 bits per heavy atom. The van der Waals surface area contributed by atoms with Crippen molar-refractivity contribution in [2.75, 3.05) is 14.1 Å². The van der Waals surface area contributed by atoms with E-state index in [1.54, 1.807) is 50.5 Å². The lowest BCUT2D eigenvalue weighted by Gasteiger charge is -2.31. The molecular weight excluding hydrogens is 508 g/mol. The number of hydrogen-bond donors (Lipinski definition) is 6. The molecule has 40 heavy (non-hydrogen) atoms. The Bertz CT molecular complexity index is 1210. The van der Waals surface area contributed by atoms with Crippen LogP contribution in [-0.2, 0) is 27.3 Å². The number of nitrogen functional groups attached to an aromatic ring is 1. The normalized spacial score (nSPS) is 14.8. The third-order valence-corrected chi connectivity index (χ3v) is 7.12. The van der Waals surface area contributed by atoms with Gasteiger partial charge in [-0.3, -0.25) is 19.8 Å². The minimum Gasteiger partial charge on any atom is -0.384 e. The number of carbonyl (C=O) groups is 3. The summed E-state index contributed by atoms with van der Waals surface area (Å²) in [6.45, 7) is 0.266. The van der Waals surface area contributed by atoms with Crippen molar-refractivity contribution < 1.29 is 14.4 Å². The van der Waals surface area contributed by atoms with Crippen LogP contribution >= 0.6 is 0 Å². The van der Waals surface area contributed by atoms with Gasteiger partial charge in [0.05, 0.1) is 5.69 Å². The Morgan fingerprint density at radius 2 is 1.52 bits per heavy atom. The van der Waals surface area contributed by atoms with E-state index in [4.69, 9.17) is 22.6 Å². The van der Waals surface area contributed by atoms with Crippen LogP contribution in [0.5, 0.6) is 0 Å². The standard InChI is InChI=1S/C29H40N8O3/c1-37(2)28(40)23(16-18-8-12-21(13-9-18)25(30)31)26(38)36-24(20-6-4-3-5-7-20)27(39)34-17-19-10-14-22(15-11-19)35-29(32)33/h8-15,20,23-24H,3-7,16-17H2,1-2H3,(H3,30,31)(H,34,39)(H,36,38)(H4,32,33,35)/t23?,24-/m0/s1. The van der Waals surface area contributed by atoms with Crippen LogP contribution in [0.1, 0.15) is 48.8 Å². The molecule has 0 aliphatic heterocycles. The van der Waals surface area contributed by atoms with Crippen LogP contribution in [0.25, 0.3) is 0 Å². The maximum atomic E-state index is 13.6. The fourth-order valence-electron chi connectivity index (χ4n) is 4.92. The Labute approximate surface area is 235 Å². The predicted octanol–water partition coefficient (Wildman–Crippen LogP) is 1.50. The second kappa shape index (κ2) is 14.1. The molecule has 3 amide bonds. The summed E-state index contributed by atoms with van der Waals surface area (Å²) in [6.07, 6.45) is 4.87. The number of amides is 3. The van der Waals surface area contributed by atoms with Gasteiger partial charge in [-0.1, -0.05) is 55.7 Å². The highest BCUT2D eigenvalue weighted by Crippen LogP contribution is 2.27. The summed E-state index contributed by atoms with van der Waals surface area (Å²) in [5, 5.41) is 13.5. The van der Waals surface area contributed by atoms with E-state index in [-0.39, 0.29) is 42.5 Å². The number of amidine groups is 1. The molecule has 11 heteroatoms. The topological polar surface area (TPSA) is 193 Å². The third kappa shape index (κ3) is 8.55. The van der Waals surface area contributed by atoms with Gasteiger partial charge in [0.15, 0.2) is 5.96 Å². The first kappa shape index (κ1) is 30.1. The van der Waals surface area contributed by atoms with Crippen LogP contribution in [0.2, 0.25) is 0 Å². The van der Waals surface area contributed by atoms with Crippen molar-refractivity contribution in [3.8, 4) is 0 Å². The number of nitrogens with two attached hydrogens (primary N) is 3. The molecule has 2 aromatic rings. The fraction of sp³-hybridized carbons (Fsp3) is 0.414. The van der Waals surface area contributed by atoms with Gasteiger partial charge in [-0.25, -0.2) is 4.99 Å². The number of guanidine groups is 1. The average molecular weight is 549 g/mol. The SMILES string of the molecule is CN(C)C(=O)C(Cc1ccc(C(=N)N)cc1)C(=O)N[C@H](C(=O)NCc1ccc(N=C(N)N)cc1)C1CCCCC1. The molecule has 1 fully saturated rings. The summed E-state index contributed by atoms with van der Waals surface area (Å²) in [7, 11) is 3.20. The molecule has 214 valence electrons. The molecule has 0 spiro atoms. The van der Waals surface area contributed by atoms with Gasteiger partial charge in [-0.15, -0.1) is 0 Å². The molecule has 1 unspecified atom stereocenters. The minimum atomic E-state index is -1.01. The van der Waals surface area contributed by atoms with Gasteiger partial charge in [0, 0.05) is 26.2 Å². The molecule has 1 saturated carbocycles. The molecule has 0 saturated heterocycles. The molecule has 2 atom stereocenters. The predicted molar refractivity (Wildman–Crippen MR) is 156 cm³/mol. The highest BCUT2D eigenvalue weighted by atomic mass is 16.2. The van der Waals surface area contributed by atoms with Crippen LogP contribution in [0.4, 0.5) is 5.69 Å². The number of nitrogens with zero attached hydrogens (tertiary/aromatic N) is 2. The van der Waals surface area contributed by atoms with Gasteiger partial charge in [-0.2, -0.15) is 0 Å². The van der Waals surface area contributed by atoms with E-state index in [1.165, 1.54) is 4.90 Å². The fourth-order valence-corrected chi connectivity index (χ4v) is 4.92. The molecule has 9 N–H and O–H groups in total. The van der Waals surface area contributed by atoms with Gasteiger partial charge in [-0.05, 0) is 48.4 Å². The third-order valence-electron chi connectivity index (χ3n) is 7.12. The summed E-state index contributed by atoms with van der Waals surface area (Å²) in [5.41, 5.74) is 19.2. The summed E-state index contributed by atoms with van der Waals surface area (Å²) in [6, 6.07) is 13.3. The number of benzene rings is 2. The van der Waals surface area contributed by atoms with Gasteiger partial charge < -0.3 is 32.7 Å². The van der Waals surface area contributed by atoms with Crippen molar-refractivity contribution in [2.24, 2.45) is 34.0 Å². The molecule has 0 heterocycles. The van der Waals surface area contributed by atoms with Gasteiger partial charge in [0.2, 0.25) is 17.7 Å². The van der Waals surface area contributed by atoms with E-state index in [1.807, 2.05) is 12.1 Å². The summed E-state index contributed by atoms with van der Waals surface area (Å²) in [5.74, 6) is -2.25. The molecule has 0 radical (unpaired) electrons. The smallest absolute Gasteiger partial charge is 0.243 e. The van der Waals surface area contributed by atoms with Crippen molar-refractivity contribution in [2.45, 2.75) is 51.1 Å². The molecule has 2 aromatic carbocycles. The molecule has 11 nitrogen and oxygen atoms in total. The summed E-state index contributed by atoms with van der Waals surface area (Å²) >= 11 is 0. The Kier molecular flexibility index (Phi) is 10.6. The van der Waals surface area contributed by atoms with Crippen LogP contribution < -0.4 is 27.8 Å². The monoisotopic (exact) mass is 548 g/mol. The van der Waals surface area contributed by atoms with Crippen LogP contribution in [0.15, 0.2) is 53.5 Å². The largest absolute Gasteiger partial charge is 0.384 e. The molecule has 1 aliphatic carbocycles. The van der Waals surface area contributed by atoms with Crippen molar-refractivity contribution in [3.63, 3.8) is 0 Å². The average Bonchev–Trinajstić information content (AvgIpc) is 2.94. The maximum absolute atomic E-state index is 13.6. The first-order valence-corrected chi connectivity index (χ1v) is 13.5. The quantitative estimate of drug-likeness (QED) is 0.140. The lowest BCUT2D eigenvalue weighted by atomic mass is 9.83. The maximum Gasteiger partial charge on any atom is 0.243 e. The Morgan fingerprint density at radius 1 is 0.925 bits per heavy atom. The van der Waals surface area contributed by atoms with E-state index >= 15 is 0 Å². The summed E-state index contributed by atoms with van der Waals surface area (Å²) < 4.78 is 0. The minimum absolute atomic E-state index is 0.0214. The highest BCUT2D eigenvalue weighted by molar-refractivity contribution is 6.02. The van der Waals surface area contributed by atoms with Gasteiger partial charge in [0.1, 0.15) is 17.8 Å².